The van der Waals surface area contributed by atoms with E-state index in [1.54, 1.807) is 0 Å². The molecule has 122 valence electrons. The van der Waals surface area contributed by atoms with Crippen LogP contribution in [0.4, 0.5) is 32.2 Å². The van der Waals surface area contributed by atoms with Crippen molar-refractivity contribution in [1.29, 1.82) is 0 Å². The predicted octanol–water partition coefficient (Wildman–Crippen LogP) is 2.80. The first-order valence-electron chi connectivity index (χ1n) is 6.08. The van der Waals surface area contributed by atoms with Gasteiger partial charge < -0.3 is 10.0 Å². The van der Waals surface area contributed by atoms with Gasteiger partial charge in [0.2, 0.25) is 0 Å². The first kappa shape index (κ1) is 16.4. The third kappa shape index (κ3) is 3.25. The van der Waals surface area contributed by atoms with Crippen molar-refractivity contribution in [2.24, 2.45) is 11.8 Å². The van der Waals surface area contributed by atoms with E-state index in [-0.39, 0.29) is 5.82 Å². The summed E-state index contributed by atoms with van der Waals surface area (Å²) in [7, 11) is 0. The van der Waals surface area contributed by atoms with Gasteiger partial charge in [-0.05, 0) is 12.1 Å². The van der Waals surface area contributed by atoms with Crippen molar-refractivity contribution in [2.45, 2.75) is 12.4 Å². The SMILES string of the molecule is O=C(O)[C@@H]1CN(c2ccc(C(F)(F)F)cn2)C[C@H]1C(F)(F)F. The number of pyridine rings is 1. The molecule has 1 N–H and O–H groups in total. The largest absolute Gasteiger partial charge is 0.481 e. The Hall–Kier alpha value is -2.00. The molecule has 0 amide bonds. The number of aromatic nitrogens is 1. The topological polar surface area (TPSA) is 53.4 Å². The van der Waals surface area contributed by atoms with Gasteiger partial charge in [0.25, 0.3) is 0 Å². The van der Waals surface area contributed by atoms with Gasteiger partial charge in [0, 0.05) is 19.3 Å². The van der Waals surface area contributed by atoms with Crippen LogP contribution in [0.2, 0.25) is 0 Å². The van der Waals surface area contributed by atoms with Crippen LogP contribution in [-0.4, -0.2) is 35.3 Å². The van der Waals surface area contributed by atoms with Crippen molar-refractivity contribution < 1.29 is 36.2 Å². The second-order valence-electron chi connectivity index (χ2n) is 4.90. The number of aliphatic carboxylic acids is 1. The Morgan fingerprint density at radius 3 is 2.18 bits per heavy atom. The van der Waals surface area contributed by atoms with E-state index < -0.39 is 48.8 Å². The number of nitrogens with zero attached hydrogens (tertiary/aromatic N) is 2. The van der Waals surface area contributed by atoms with Gasteiger partial charge in [-0.2, -0.15) is 26.3 Å². The zero-order valence-electron chi connectivity index (χ0n) is 10.8. The van der Waals surface area contributed by atoms with Crippen LogP contribution < -0.4 is 4.90 Å². The molecular weight excluding hydrogens is 318 g/mol. The van der Waals surface area contributed by atoms with Crippen molar-refractivity contribution in [2.75, 3.05) is 18.0 Å². The molecule has 0 aromatic carbocycles. The Labute approximate surface area is 120 Å². The van der Waals surface area contributed by atoms with Crippen molar-refractivity contribution in [3.8, 4) is 0 Å². The van der Waals surface area contributed by atoms with Crippen molar-refractivity contribution >= 4 is 11.8 Å². The van der Waals surface area contributed by atoms with Gasteiger partial charge in [-0.15, -0.1) is 0 Å². The molecule has 22 heavy (non-hydrogen) atoms. The summed E-state index contributed by atoms with van der Waals surface area (Å²) in [6, 6.07) is 1.62. The first-order valence-corrected chi connectivity index (χ1v) is 6.08. The van der Waals surface area contributed by atoms with Crippen LogP contribution >= 0.6 is 0 Å². The maximum Gasteiger partial charge on any atom is 0.417 e. The molecule has 10 heteroatoms. The highest BCUT2D eigenvalue weighted by Gasteiger charge is 2.52. The minimum absolute atomic E-state index is 0.119. The van der Waals surface area contributed by atoms with E-state index in [0.717, 1.165) is 11.0 Å². The lowest BCUT2D eigenvalue weighted by Crippen LogP contribution is -2.33. The summed E-state index contributed by atoms with van der Waals surface area (Å²) < 4.78 is 75.7. The fraction of sp³-hybridized carbons (Fsp3) is 0.500. The molecule has 1 saturated heterocycles. The standard InChI is InChI=1S/C12H10F6N2O2/c13-11(14,15)6-1-2-9(19-3-6)20-4-7(10(21)22)8(5-20)12(16,17)18/h1-3,7-8H,4-5H2,(H,21,22)/t7-,8-/m1/s1. The maximum atomic E-state index is 12.8. The number of rotatable bonds is 2. The van der Waals surface area contributed by atoms with Gasteiger partial charge in [-0.1, -0.05) is 0 Å². The Balaban J connectivity index is 2.22. The quantitative estimate of drug-likeness (QED) is 0.848. The molecule has 2 atom stereocenters. The molecule has 0 bridgehead atoms. The van der Waals surface area contributed by atoms with E-state index in [2.05, 4.69) is 4.98 Å². The number of hydrogen-bond donors (Lipinski definition) is 1. The molecule has 4 nitrogen and oxygen atoms in total. The zero-order chi connectivity index (χ0) is 16.7. The third-order valence-electron chi connectivity index (χ3n) is 3.46. The number of carboxylic acid groups (broad SMARTS) is 1. The molecule has 1 aromatic rings. The fourth-order valence-corrected chi connectivity index (χ4v) is 2.31. The molecule has 1 fully saturated rings. The van der Waals surface area contributed by atoms with Crippen LogP contribution in [0.3, 0.4) is 0 Å². The Morgan fingerprint density at radius 1 is 1.18 bits per heavy atom. The Morgan fingerprint density at radius 2 is 1.82 bits per heavy atom. The summed E-state index contributed by atoms with van der Waals surface area (Å²) in [4.78, 5) is 15.4. The summed E-state index contributed by atoms with van der Waals surface area (Å²) >= 11 is 0. The third-order valence-corrected chi connectivity index (χ3v) is 3.46. The van der Waals surface area contributed by atoms with Gasteiger partial charge >= 0.3 is 18.3 Å². The molecule has 1 aliphatic rings. The Bertz CT molecular complexity index is 554. The minimum Gasteiger partial charge on any atom is -0.481 e. The van der Waals surface area contributed by atoms with Crippen molar-refractivity contribution in [1.82, 2.24) is 4.98 Å². The molecule has 2 rings (SSSR count). The second kappa shape index (κ2) is 5.33. The van der Waals surface area contributed by atoms with Crippen LogP contribution in [-0.2, 0) is 11.0 Å². The molecule has 0 saturated carbocycles. The molecular formula is C12H10F6N2O2. The second-order valence-corrected chi connectivity index (χ2v) is 4.90. The molecule has 1 aliphatic heterocycles. The number of halogens is 6. The average Bonchev–Trinajstić information content (AvgIpc) is 2.83. The van der Waals surface area contributed by atoms with Crippen LogP contribution in [0.25, 0.3) is 0 Å². The number of carbonyl (C=O) groups is 1. The smallest absolute Gasteiger partial charge is 0.417 e. The molecule has 0 spiro atoms. The van der Waals surface area contributed by atoms with Crippen LogP contribution in [0, 0.1) is 11.8 Å². The van der Waals surface area contributed by atoms with E-state index in [0.29, 0.717) is 12.3 Å². The van der Waals surface area contributed by atoms with Crippen LogP contribution in [0.1, 0.15) is 5.56 Å². The number of hydrogen-bond acceptors (Lipinski definition) is 3. The normalized spacial score (nSPS) is 22.9. The molecule has 0 unspecified atom stereocenters. The van der Waals surface area contributed by atoms with Gasteiger partial charge in [0.15, 0.2) is 0 Å². The zero-order valence-corrected chi connectivity index (χ0v) is 10.8. The lowest BCUT2D eigenvalue weighted by Gasteiger charge is -2.19. The molecule has 0 aliphatic carbocycles. The summed E-state index contributed by atoms with van der Waals surface area (Å²) in [6.07, 6.45) is -8.80. The van der Waals surface area contributed by atoms with Crippen LogP contribution in [0.15, 0.2) is 18.3 Å². The number of carboxylic acids is 1. The van der Waals surface area contributed by atoms with Crippen molar-refractivity contribution in [3.05, 3.63) is 23.9 Å². The first-order chi connectivity index (χ1) is 10.00. The highest BCUT2D eigenvalue weighted by molar-refractivity contribution is 5.72. The van der Waals surface area contributed by atoms with E-state index in [1.807, 2.05) is 0 Å². The van der Waals surface area contributed by atoms with E-state index in [9.17, 15) is 31.1 Å². The lowest BCUT2D eigenvalue weighted by atomic mass is 9.96. The monoisotopic (exact) mass is 328 g/mol. The van der Waals surface area contributed by atoms with Gasteiger partial charge in [0.1, 0.15) is 5.82 Å². The number of anilines is 1. The molecule has 2 heterocycles. The summed E-state index contributed by atoms with van der Waals surface area (Å²) in [5.74, 6) is -5.49. The van der Waals surface area contributed by atoms with E-state index in [4.69, 9.17) is 5.11 Å². The summed E-state index contributed by atoms with van der Waals surface area (Å²) in [6.45, 7) is -1.11. The van der Waals surface area contributed by atoms with Gasteiger partial charge in [-0.25, -0.2) is 4.98 Å². The average molecular weight is 328 g/mol. The van der Waals surface area contributed by atoms with E-state index in [1.165, 1.54) is 0 Å². The van der Waals surface area contributed by atoms with Crippen LogP contribution in [0.5, 0.6) is 0 Å². The fourth-order valence-electron chi connectivity index (χ4n) is 2.31. The lowest BCUT2D eigenvalue weighted by molar-refractivity contribution is -0.187. The van der Waals surface area contributed by atoms with Gasteiger partial charge in [-0.3, -0.25) is 4.79 Å². The number of alkyl halides is 6. The molecule has 0 radical (unpaired) electrons. The van der Waals surface area contributed by atoms with E-state index >= 15 is 0 Å². The Kier molecular flexibility index (Phi) is 3.96. The maximum absolute atomic E-state index is 12.8. The highest BCUT2D eigenvalue weighted by atomic mass is 19.4. The predicted molar refractivity (Wildman–Crippen MR) is 62.1 cm³/mol. The van der Waals surface area contributed by atoms with Gasteiger partial charge in [0.05, 0.1) is 17.4 Å². The summed E-state index contributed by atoms with van der Waals surface area (Å²) in [5.41, 5.74) is -1.03. The summed E-state index contributed by atoms with van der Waals surface area (Å²) in [5, 5.41) is 8.87. The minimum atomic E-state index is -4.70. The molecule has 1 aromatic heterocycles. The highest BCUT2D eigenvalue weighted by Crippen LogP contribution is 2.39. The van der Waals surface area contributed by atoms with Crippen molar-refractivity contribution in [3.63, 3.8) is 0 Å².